The van der Waals surface area contributed by atoms with Crippen LogP contribution in [0.2, 0.25) is 0 Å². The number of nitrogens with zero attached hydrogens (tertiary/aromatic N) is 3. The van der Waals surface area contributed by atoms with Crippen molar-refractivity contribution in [3.8, 4) is 0 Å². The van der Waals surface area contributed by atoms with Crippen LogP contribution in [0.25, 0.3) is 0 Å². The van der Waals surface area contributed by atoms with Gasteiger partial charge in [0.2, 0.25) is 0 Å². The number of likely N-dealkylation sites (tertiary alicyclic amines) is 1. The van der Waals surface area contributed by atoms with Crippen molar-refractivity contribution in [1.82, 2.24) is 19.8 Å². The SMILES string of the molecule is CCOC(=O)c1ncn(C2CCN(C(=O)NC[C@H]3C[C@@H]3C)CC2)c1N. The van der Waals surface area contributed by atoms with Gasteiger partial charge in [0, 0.05) is 25.7 Å². The van der Waals surface area contributed by atoms with Gasteiger partial charge in [-0.25, -0.2) is 14.6 Å². The van der Waals surface area contributed by atoms with Crippen LogP contribution in [0.4, 0.5) is 10.6 Å². The van der Waals surface area contributed by atoms with E-state index in [4.69, 9.17) is 10.5 Å². The molecule has 1 aliphatic carbocycles. The maximum absolute atomic E-state index is 12.2. The van der Waals surface area contributed by atoms with Crippen molar-refractivity contribution in [2.75, 3.05) is 32.0 Å². The van der Waals surface area contributed by atoms with E-state index in [9.17, 15) is 9.59 Å². The molecule has 2 fully saturated rings. The van der Waals surface area contributed by atoms with Gasteiger partial charge in [-0.3, -0.25) is 0 Å². The largest absolute Gasteiger partial charge is 0.461 e. The molecule has 1 aliphatic heterocycles. The molecular weight excluding hydrogens is 322 g/mol. The van der Waals surface area contributed by atoms with Crippen LogP contribution in [0, 0.1) is 11.8 Å². The molecule has 8 heteroatoms. The Balaban J connectivity index is 1.52. The number of hydrogen-bond acceptors (Lipinski definition) is 5. The summed E-state index contributed by atoms with van der Waals surface area (Å²) in [7, 11) is 0. The number of piperidine rings is 1. The maximum Gasteiger partial charge on any atom is 0.360 e. The van der Waals surface area contributed by atoms with E-state index < -0.39 is 5.97 Å². The van der Waals surface area contributed by atoms with Gasteiger partial charge in [-0.05, 0) is 38.0 Å². The summed E-state index contributed by atoms with van der Waals surface area (Å²) in [6.07, 6.45) is 4.38. The van der Waals surface area contributed by atoms with Gasteiger partial charge in [0.15, 0.2) is 5.69 Å². The quantitative estimate of drug-likeness (QED) is 0.787. The Hall–Kier alpha value is -2.25. The minimum absolute atomic E-state index is 0.0170. The fourth-order valence-corrected chi connectivity index (χ4v) is 3.38. The topological polar surface area (TPSA) is 102 Å². The Morgan fingerprint density at radius 2 is 2.08 bits per heavy atom. The Morgan fingerprint density at radius 1 is 1.40 bits per heavy atom. The molecule has 0 spiro atoms. The van der Waals surface area contributed by atoms with Crippen LogP contribution < -0.4 is 11.1 Å². The maximum atomic E-state index is 12.2. The first kappa shape index (κ1) is 17.6. The van der Waals surface area contributed by atoms with E-state index in [1.807, 2.05) is 9.47 Å². The monoisotopic (exact) mass is 349 g/mol. The van der Waals surface area contributed by atoms with Gasteiger partial charge in [-0.1, -0.05) is 6.92 Å². The van der Waals surface area contributed by atoms with Crippen molar-refractivity contribution in [2.24, 2.45) is 11.8 Å². The Kier molecular flexibility index (Phi) is 5.15. The molecule has 0 radical (unpaired) electrons. The van der Waals surface area contributed by atoms with E-state index >= 15 is 0 Å². The number of urea groups is 1. The molecule has 3 rings (SSSR count). The van der Waals surface area contributed by atoms with Gasteiger partial charge in [-0.15, -0.1) is 0 Å². The van der Waals surface area contributed by atoms with Crippen molar-refractivity contribution >= 4 is 17.8 Å². The van der Waals surface area contributed by atoms with Gasteiger partial charge in [0.05, 0.1) is 12.9 Å². The number of ether oxygens (including phenoxy) is 1. The van der Waals surface area contributed by atoms with Crippen LogP contribution in [0.1, 0.15) is 49.6 Å². The van der Waals surface area contributed by atoms with Gasteiger partial charge in [-0.2, -0.15) is 0 Å². The van der Waals surface area contributed by atoms with Crippen LogP contribution in [-0.2, 0) is 4.74 Å². The molecule has 2 aliphatic rings. The standard InChI is InChI=1S/C17H27N5O3/c1-3-25-16(23)14-15(18)22(10-20-14)13-4-6-21(7-5-13)17(24)19-9-12-8-11(12)2/h10-13H,3-9,18H2,1-2H3,(H,19,24)/t11-,12+/m0/s1. The minimum Gasteiger partial charge on any atom is -0.461 e. The van der Waals surface area contributed by atoms with E-state index in [1.54, 1.807) is 13.3 Å². The van der Waals surface area contributed by atoms with Crippen LogP contribution >= 0.6 is 0 Å². The number of rotatable bonds is 5. The number of carbonyl (C=O) groups excluding carboxylic acids is 2. The molecule has 0 unspecified atom stereocenters. The predicted molar refractivity (Wildman–Crippen MR) is 93.1 cm³/mol. The fourth-order valence-electron chi connectivity index (χ4n) is 3.38. The van der Waals surface area contributed by atoms with E-state index in [0.717, 1.165) is 25.3 Å². The lowest BCUT2D eigenvalue weighted by Gasteiger charge is -2.33. The summed E-state index contributed by atoms with van der Waals surface area (Å²) in [5, 5.41) is 3.03. The zero-order valence-corrected chi connectivity index (χ0v) is 14.9. The van der Waals surface area contributed by atoms with E-state index in [0.29, 0.717) is 24.8 Å². The molecule has 1 aromatic rings. The molecule has 1 aromatic heterocycles. The third-order valence-corrected chi connectivity index (χ3v) is 5.24. The second-order valence-electron chi connectivity index (χ2n) is 6.98. The summed E-state index contributed by atoms with van der Waals surface area (Å²) in [5.74, 6) is 1.23. The minimum atomic E-state index is -0.495. The second-order valence-corrected chi connectivity index (χ2v) is 6.98. The summed E-state index contributed by atoms with van der Waals surface area (Å²) in [6.45, 7) is 6.36. The van der Waals surface area contributed by atoms with Gasteiger partial charge >= 0.3 is 12.0 Å². The lowest BCUT2D eigenvalue weighted by atomic mass is 10.1. The van der Waals surface area contributed by atoms with Gasteiger partial charge in [0.1, 0.15) is 5.82 Å². The van der Waals surface area contributed by atoms with Crippen LogP contribution in [0.5, 0.6) is 0 Å². The lowest BCUT2D eigenvalue weighted by molar-refractivity contribution is 0.0521. The first-order chi connectivity index (χ1) is 12.0. The average Bonchev–Trinajstić information content (AvgIpc) is 3.18. The summed E-state index contributed by atoms with van der Waals surface area (Å²) in [5.41, 5.74) is 6.23. The molecular formula is C17H27N5O3. The summed E-state index contributed by atoms with van der Waals surface area (Å²) < 4.78 is 6.79. The van der Waals surface area contributed by atoms with E-state index in [2.05, 4.69) is 17.2 Å². The molecule has 2 atom stereocenters. The molecule has 8 nitrogen and oxygen atoms in total. The molecule has 2 amide bonds. The van der Waals surface area contributed by atoms with Crippen molar-refractivity contribution in [3.05, 3.63) is 12.0 Å². The second kappa shape index (κ2) is 7.33. The van der Waals surface area contributed by atoms with Gasteiger partial charge < -0.3 is 25.3 Å². The Bertz CT molecular complexity index is 636. The third kappa shape index (κ3) is 3.88. The molecule has 25 heavy (non-hydrogen) atoms. The first-order valence-corrected chi connectivity index (χ1v) is 9.03. The zero-order chi connectivity index (χ0) is 18.0. The number of amides is 2. The number of nitrogens with two attached hydrogens (primary N) is 1. The molecule has 138 valence electrons. The molecule has 0 aromatic carbocycles. The highest BCUT2D eigenvalue weighted by Crippen LogP contribution is 2.36. The molecule has 0 bridgehead atoms. The highest BCUT2D eigenvalue weighted by molar-refractivity contribution is 5.92. The molecule has 1 saturated heterocycles. The third-order valence-electron chi connectivity index (χ3n) is 5.24. The lowest BCUT2D eigenvalue weighted by Crippen LogP contribution is -2.45. The number of nitrogens with one attached hydrogen (secondary N) is 1. The smallest absolute Gasteiger partial charge is 0.360 e. The van der Waals surface area contributed by atoms with Crippen molar-refractivity contribution < 1.29 is 14.3 Å². The van der Waals surface area contributed by atoms with Crippen molar-refractivity contribution in [2.45, 2.75) is 39.2 Å². The molecule has 1 saturated carbocycles. The number of carbonyl (C=O) groups is 2. The normalized spacial score (nSPS) is 23.4. The molecule has 2 heterocycles. The predicted octanol–water partition coefficient (Wildman–Crippen LogP) is 1.64. The van der Waals surface area contributed by atoms with Crippen LogP contribution in [0.15, 0.2) is 6.33 Å². The van der Waals surface area contributed by atoms with Crippen molar-refractivity contribution in [3.63, 3.8) is 0 Å². The first-order valence-electron chi connectivity index (χ1n) is 9.03. The highest BCUT2D eigenvalue weighted by atomic mass is 16.5. The Morgan fingerprint density at radius 3 is 2.68 bits per heavy atom. The number of imidazole rings is 1. The number of anilines is 1. The van der Waals surface area contributed by atoms with Crippen LogP contribution in [0.3, 0.4) is 0 Å². The number of hydrogen-bond donors (Lipinski definition) is 2. The number of aromatic nitrogens is 2. The van der Waals surface area contributed by atoms with E-state index in [-0.39, 0.29) is 24.4 Å². The van der Waals surface area contributed by atoms with Crippen molar-refractivity contribution in [1.29, 1.82) is 0 Å². The fraction of sp³-hybridized carbons (Fsp3) is 0.706. The summed E-state index contributed by atoms with van der Waals surface area (Å²) in [4.78, 5) is 30.0. The number of esters is 1. The number of nitrogen functional groups attached to an aromatic ring is 1. The zero-order valence-electron chi connectivity index (χ0n) is 14.9. The summed E-state index contributed by atoms with van der Waals surface area (Å²) >= 11 is 0. The van der Waals surface area contributed by atoms with Crippen LogP contribution in [-0.4, -0.2) is 52.7 Å². The van der Waals surface area contributed by atoms with Gasteiger partial charge in [0.25, 0.3) is 0 Å². The van der Waals surface area contributed by atoms with E-state index in [1.165, 1.54) is 6.42 Å². The Labute approximate surface area is 147 Å². The summed E-state index contributed by atoms with van der Waals surface area (Å²) in [6, 6.07) is 0.159. The molecule has 3 N–H and O–H groups in total. The highest BCUT2D eigenvalue weighted by Gasteiger charge is 2.33. The average molecular weight is 349 g/mol.